The summed E-state index contributed by atoms with van der Waals surface area (Å²) < 4.78 is 12.6. The number of methoxy groups -OCH3 is 1. The van der Waals surface area contributed by atoms with E-state index in [1.165, 1.54) is 0 Å². The van der Waals surface area contributed by atoms with Crippen LogP contribution in [0, 0.1) is 0 Å². The lowest BCUT2D eigenvalue weighted by Crippen LogP contribution is -2.22. The molecule has 0 radical (unpaired) electrons. The van der Waals surface area contributed by atoms with Crippen molar-refractivity contribution >= 4 is 23.1 Å². The molecule has 4 aromatic rings. The van der Waals surface area contributed by atoms with Gasteiger partial charge in [-0.15, -0.1) is 0 Å². The number of benzene rings is 3. The Morgan fingerprint density at radius 1 is 1.00 bits per heavy atom. The zero-order valence-corrected chi connectivity index (χ0v) is 19.6. The first kappa shape index (κ1) is 22.3. The van der Waals surface area contributed by atoms with E-state index in [2.05, 4.69) is 33.9 Å². The second kappa shape index (κ2) is 9.77. The highest BCUT2D eigenvalue weighted by Crippen LogP contribution is 2.35. The minimum atomic E-state index is -0.245. The number of hydrogen-bond acceptors (Lipinski definition) is 5. The summed E-state index contributed by atoms with van der Waals surface area (Å²) in [5.41, 5.74) is 4.09. The van der Waals surface area contributed by atoms with E-state index in [0.717, 1.165) is 28.3 Å². The summed E-state index contributed by atoms with van der Waals surface area (Å²) in [5, 5.41) is 11.0. The van der Waals surface area contributed by atoms with E-state index in [-0.39, 0.29) is 11.9 Å². The summed E-state index contributed by atoms with van der Waals surface area (Å²) in [6.45, 7) is 2.52. The Balaban J connectivity index is 1.48. The molecule has 1 aliphatic rings. The number of aromatic nitrogens is 2. The molecule has 176 valence electrons. The molecule has 2 heterocycles. The number of amides is 1. The quantitative estimate of drug-likeness (QED) is 0.371. The van der Waals surface area contributed by atoms with Gasteiger partial charge in [-0.1, -0.05) is 30.3 Å². The van der Waals surface area contributed by atoms with Gasteiger partial charge < -0.3 is 20.1 Å². The molecule has 0 spiro atoms. The van der Waals surface area contributed by atoms with Crippen LogP contribution in [0.3, 0.4) is 0 Å². The van der Waals surface area contributed by atoms with Crippen molar-refractivity contribution in [3.63, 3.8) is 0 Å². The first-order chi connectivity index (χ1) is 17.2. The molecule has 0 bridgehead atoms. The summed E-state index contributed by atoms with van der Waals surface area (Å²) in [4.78, 5) is 13.3. The molecule has 0 fully saturated rings. The van der Waals surface area contributed by atoms with Crippen LogP contribution in [0.4, 0.5) is 11.5 Å². The SMILES string of the molecule is CCOc1ccc(NC(=O)c2cnn3c2NC(c2ccc(OC)cc2)=CC3c2ccccc2)cc1. The highest BCUT2D eigenvalue weighted by molar-refractivity contribution is 6.08. The number of carbonyl (C=O) groups is 1. The fraction of sp³-hybridized carbons (Fsp3) is 0.143. The fourth-order valence-corrected chi connectivity index (χ4v) is 4.09. The highest BCUT2D eigenvalue weighted by atomic mass is 16.5. The molecule has 1 unspecified atom stereocenters. The van der Waals surface area contributed by atoms with E-state index >= 15 is 0 Å². The third kappa shape index (κ3) is 4.61. The summed E-state index contributed by atoms with van der Waals surface area (Å²) >= 11 is 0. The Kier molecular flexibility index (Phi) is 6.22. The number of fused-ring (bicyclic) bond motifs is 1. The summed E-state index contributed by atoms with van der Waals surface area (Å²) in [7, 11) is 1.65. The van der Waals surface area contributed by atoms with E-state index in [9.17, 15) is 4.79 Å². The largest absolute Gasteiger partial charge is 0.497 e. The number of hydrogen-bond donors (Lipinski definition) is 2. The van der Waals surface area contributed by atoms with Gasteiger partial charge in [0, 0.05) is 11.4 Å². The first-order valence-corrected chi connectivity index (χ1v) is 11.5. The zero-order valence-electron chi connectivity index (χ0n) is 19.6. The van der Waals surface area contributed by atoms with Gasteiger partial charge in [0.2, 0.25) is 0 Å². The summed E-state index contributed by atoms with van der Waals surface area (Å²) in [6, 6.07) is 25.1. The van der Waals surface area contributed by atoms with Crippen molar-refractivity contribution < 1.29 is 14.3 Å². The number of carbonyl (C=O) groups excluding carboxylic acids is 1. The second-order valence-electron chi connectivity index (χ2n) is 8.05. The van der Waals surface area contributed by atoms with Crippen molar-refractivity contribution in [2.45, 2.75) is 13.0 Å². The average molecular weight is 467 g/mol. The van der Waals surface area contributed by atoms with Crippen LogP contribution in [-0.4, -0.2) is 29.4 Å². The van der Waals surface area contributed by atoms with Gasteiger partial charge in [0.05, 0.1) is 26.0 Å². The molecule has 1 aromatic heterocycles. The van der Waals surface area contributed by atoms with Gasteiger partial charge >= 0.3 is 0 Å². The van der Waals surface area contributed by atoms with Crippen LogP contribution in [0.15, 0.2) is 91.1 Å². The van der Waals surface area contributed by atoms with Gasteiger partial charge in [-0.25, -0.2) is 4.68 Å². The lowest BCUT2D eigenvalue weighted by atomic mass is 10.0. The van der Waals surface area contributed by atoms with Crippen LogP contribution in [0.1, 0.15) is 34.5 Å². The predicted octanol–water partition coefficient (Wildman–Crippen LogP) is 5.60. The number of nitrogens with zero attached hydrogens (tertiary/aromatic N) is 2. The molecule has 1 aliphatic heterocycles. The van der Waals surface area contributed by atoms with Crippen LogP contribution in [0.5, 0.6) is 11.5 Å². The zero-order chi connectivity index (χ0) is 24.2. The van der Waals surface area contributed by atoms with E-state index < -0.39 is 0 Å². The summed E-state index contributed by atoms with van der Waals surface area (Å²) in [5.74, 6) is 1.93. The van der Waals surface area contributed by atoms with Gasteiger partial charge in [-0.2, -0.15) is 5.10 Å². The van der Waals surface area contributed by atoms with Gasteiger partial charge in [0.1, 0.15) is 22.9 Å². The average Bonchev–Trinajstić information content (AvgIpc) is 3.34. The minimum Gasteiger partial charge on any atom is -0.497 e. The number of allylic oxidation sites excluding steroid dienone is 1. The third-order valence-electron chi connectivity index (χ3n) is 5.85. The van der Waals surface area contributed by atoms with Gasteiger partial charge in [0.25, 0.3) is 5.91 Å². The Hall–Kier alpha value is -4.52. The smallest absolute Gasteiger partial charge is 0.261 e. The third-order valence-corrected chi connectivity index (χ3v) is 5.85. The van der Waals surface area contributed by atoms with E-state index in [1.54, 1.807) is 13.3 Å². The van der Waals surface area contributed by atoms with Crippen molar-refractivity contribution in [2.75, 3.05) is 24.4 Å². The molecule has 1 atom stereocenters. The van der Waals surface area contributed by atoms with Crippen LogP contribution in [0.2, 0.25) is 0 Å². The molecule has 7 nitrogen and oxygen atoms in total. The van der Waals surface area contributed by atoms with Crippen molar-refractivity contribution in [2.24, 2.45) is 0 Å². The summed E-state index contributed by atoms with van der Waals surface area (Å²) in [6.07, 6.45) is 3.72. The highest BCUT2D eigenvalue weighted by Gasteiger charge is 2.27. The second-order valence-corrected chi connectivity index (χ2v) is 8.05. The Morgan fingerprint density at radius 2 is 1.71 bits per heavy atom. The molecule has 0 aliphatic carbocycles. The monoisotopic (exact) mass is 466 g/mol. The molecule has 7 heteroatoms. The fourth-order valence-electron chi connectivity index (χ4n) is 4.09. The normalized spacial score (nSPS) is 14.3. The molecule has 1 amide bonds. The van der Waals surface area contributed by atoms with Gasteiger partial charge in [0.15, 0.2) is 0 Å². The molecule has 35 heavy (non-hydrogen) atoms. The Bertz CT molecular complexity index is 1340. The molecular formula is C28H26N4O3. The Morgan fingerprint density at radius 3 is 2.40 bits per heavy atom. The molecule has 3 aromatic carbocycles. The molecule has 5 rings (SSSR count). The van der Waals surface area contributed by atoms with Gasteiger partial charge in [-0.05, 0) is 72.7 Å². The number of anilines is 2. The Labute approximate surface area is 204 Å². The lowest BCUT2D eigenvalue weighted by molar-refractivity contribution is 0.102. The van der Waals surface area contributed by atoms with Crippen LogP contribution < -0.4 is 20.1 Å². The van der Waals surface area contributed by atoms with Crippen molar-refractivity contribution in [1.29, 1.82) is 0 Å². The van der Waals surface area contributed by atoms with Crippen LogP contribution >= 0.6 is 0 Å². The maximum absolute atomic E-state index is 13.3. The van der Waals surface area contributed by atoms with Crippen molar-refractivity contribution in [3.05, 3.63) is 108 Å². The molecule has 0 saturated carbocycles. The van der Waals surface area contributed by atoms with E-state index in [4.69, 9.17) is 9.47 Å². The number of ether oxygens (including phenoxy) is 2. The maximum atomic E-state index is 13.3. The van der Waals surface area contributed by atoms with Gasteiger partial charge in [-0.3, -0.25) is 4.79 Å². The minimum absolute atomic E-state index is 0.170. The molecule has 2 N–H and O–H groups in total. The number of rotatable bonds is 7. The molecular weight excluding hydrogens is 440 g/mol. The van der Waals surface area contributed by atoms with Crippen LogP contribution in [0.25, 0.3) is 5.70 Å². The van der Waals surface area contributed by atoms with Crippen molar-refractivity contribution in [3.8, 4) is 11.5 Å². The standard InChI is InChI=1S/C28H26N4O3/c1-3-35-23-15-11-21(12-16-23)30-28(33)24-18-29-32-26(20-7-5-4-6-8-20)17-25(31-27(24)32)19-9-13-22(34-2)14-10-19/h4-18,26,31H,3H2,1-2H3,(H,30,33). The first-order valence-electron chi connectivity index (χ1n) is 11.5. The van der Waals surface area contributed by atoms with E-state index in [1.807, 2.05) is 78.3 Å². The maximum Gasteiger partial charge on any atom is 0.261 e. The van der Waals surface area contributed by atoms with Crippen LogP contribution in [-0.2, 0) is 0 Å². The molecule has 0 saturated heterocycles. The number of nitrogens with one attached hydrogen (secondary N) is 2. The topological polar surface area (TPSA) is 77.4 Å². The lowest BCUT2D eigenvalue weighted by Gasteiger charge is -2.26. The predicted molar refractivity (Wildman–Crippen MR) is 137 cm³/mol. The van der Waals surface area contributed by atoms with E-state index in [0.29, 0.717) is 23.7 Å². The van der Waals surface area contributed by atoms with Crippen molar-refractivity contribution in [1.82, 2.24) is 9.78 Å².